The lowest BCUT2D eigenvalue weighted by Gasteiger charge is -2.06. The Labute approximate surface area is 99.9 Å². The Morgan fingerprint density at radius 1 is 1.06 bits per heavy atom. The molecule has 2 nitrogen and oxygen atoms in total. The first-order valence-electron chi connectivity index (χ1n) is 5.02. The molecule has 2 rings (SSSR count). The highest BCUT2D eigenvalue weighted by molar-refractivity contribution is 6.30. The molecule has 0 atom stereocenters. The number of benzene rings is 1. The third-order valence-corrected chi connectivity index (χ3v) is 2.64. The summed E-state index contributed by atoms with van der Waals surface area (Å²) in [6.45, 7) is 3.94. The number of nitrogens with zero attached hydrogens (tertiary/aromatic N) is 1. The molecule has 1 aromatic carbocycles. The largest absolute Gasteiger partial charge is 0.456 e. The normalized spacial score (nSPS) is 10.2. The molecule has 16 heavy (non-hydrogen) atoms. The van der Waals surface area contributed by atoms with Crippen molar-refractivity contribution < 1.29 is 4.74 Å². The summed E-state index contributed by atoms with van der Waals surface area (Å²) < 4.78 is 5.65. The molecule has 0 bridgehead atoms. The number of ether oxygens (including phenoxy) is 1. The highest BCUT2D eigenvalue weighted by atomic mass is 35.5. The van der Waals surface area contributed by atoms with Crippen LogP contribution < -0.4 is 4.74 Å². The van der Waals surface area contributed by atoms with Gasteiger partial charge in [0, 0.05) is 0 Å². The lowest BCUT2D eigenvalue weighted by atomic mass is 10.2. The molecular formula is C13H12ClNO. The Balaban J connectivity index is 2.20. The van der Waals surface area contributed by atoms with Gasteiger partial charge in [-0.25, -0.2) is 4.98 Å². The maximum absolute atomic E-state index is 5.84. The van der Waals surface area contributed by atoms with Crippen LogP contribution in [0, 0.1) is 13.8 Å². The fourth-order valence-corrected chi connectivity index (χ4v) is 1.43. The summed E-state index contributed by atoms with van der Waals surface area (Å²) in [5.41, 5.74) is 2.11. The van der Waals surface area contributed by atoms with E-state index >= 15 is 0 Å². The summed E-state index contributed by atoms with van der Waals surface area (Å²) in [6, 6.07) is 9.74. The van der Waals surface area contributed by atoms with E-state index in [2.05, 4.69) is 4.98 Å². The molecule has 0 spiro atoms. The number of pyridine rings is 1. The highest BCUT2D eigenvalue weighted by Gasteiger charge is 2.01. The predicted molar refractivity (Wildman–Crippen MR) is 65.2 cm³/mol. The fraction of sp³-hybridized carbons (Fsp3) is 0.154. The van der Waals surface area contributed by atoms with E-state index in [1.54, 1.807) is 6.20 Å². The minimum absolute atomic E-state index is 0.510. The quantitative estimate of drug-likeness (QED) is 0.728. The van der Waals surface area contributed by atoms with Gasteiger partial charge in [0.15, 0.2) is 0 Å². The topological polar surface area (TPSA) is 22.1 Å². The van der Waals surface area contributed by atoms with E-state index in [4.69, 9.17) is 16.3 Å². The van der Waals surface area contributed by atoms with E-state index in [0.29, 0.717) is 10.9 Å². The summed E-state index contributed by atoms with van der Waals surface area (Å²) in [5, 5.41) is 0.510. The summed E-state index contributed by atoms with van der Waals surface area (Å²) in [7, 11) is 0. The molecule has 0 fully saturated rings. The van der Waals surface area contributed by atoms with E-state index in [-0.39, 0.29) is 0 Å². The van der Waals surface area contributed by atoms with Crippen LogP contribution in [0.1, 0.15) is 11.1 Å². The first kappa shape index (κ1) is 11.0. The van der Waals surface area contributed by atoms with Crippen LogP contribution in [0.2, 0.25) is 5.15 Å². The first-order chi connectivity index (χ1) is 7.65. The van der Waals surface area contributed by atoms with Crippen molar-refractivity contribution in [1.82, 2.24) is 4.98 Å². The van der Waals surface area contributed by atoms with Crippen molar-refractivity contribution in [3.05, 3.63) is 52.8 Å². The van der Waals surface area contributed by atoms with Gasteiger partial charge in [-0.3, -0.25) is 0 Å². The smallest absolute Gasteiger partial charge is 0.146 e. The number of hydrogen-bond acceptors (Lipinski definition) is 2. The van der Waals surface area contributed by atoms with Gasteiger partial charge in [-0.05, 0) is 37.6 Å². The molecule has 0 saturated carbocycles. The summed E-state index contributed by atoms with van der Waals surface area (Å²) in [6.07, 6.45) is 1.62. The number of rotatable bonds is 2. The average Bonchev–Trinajstić information content (AvgIpc) is 2.27. The van der Waals surface area contributed by atoms with Gasteiger partial charge < -0.3 is 4.74 Å². The van der Waals surface area contributed by atoms with Crippen molar-refractivity contribution >= 4 is 11.6 Å². The maximum atomic E-state index is 5.84. The number of halogens is 1. The zero-order valence-corrected chi connectivity index (χ0v) is 9.95. The summed E-state index contributed by atoms with van der Waals surface area (Å²) in [5.74, 6) is 1.50. The standard InChI is InChI=1S/C13H12ClNO/c1-9-3-5-11(6-4-9)16-12-7-10(2)13(14)15-8-12/h3-8H,1-2H3. The molecule has 0 radical (unpaired) electrons. The molecule has 0 amide bonds. The van der Waals surface area contributed by atoms with Crippen molar-refractivity contribution in [2.75, 3.05) is 0 Å². The minimum Gasteiger partial charge on any atom is -0.456 e. The van der Waals surface area contributed by atoms with Gasteiger partial charge in [-0.15, -0.1) is 0 Å². The molecule has 82 valence electrons. The van der Waals surface area contributed by atoms with Gasteiger partial charge in [-0.1, -0.05) is 29.3 Å². The Bertz CT molecular complexity index is 494. The molecule has 0 N–H and O–H groups in total. The molecule has 2 aromatic rings. The maximum Gasteiger partial charge on any atom is 0.146 e. The lowest BCUT2D eigenvalue weighted by Crippen LogP contribution is -1.87. The molecule has 0 saturated heterocycles. The molecule has 0 aliphatic carbocycles. The lowest BCUT2D eigenvalue weighted by molar-refractivity contribution is 0.479. The predicted octanol–water partition coefficient (Wildman–Crippen LogP) is 4.14. The number of aromatic nitrogens is 1. The van der Waals surface area contributed by atoms with Gasteiger partial charge >= 0.3 is 0 Å². The van der Waals surface area contributed by atoms with Crippen molar-refractivity contribution in [1.29, 1.82) is 0 Å². The van der Waals surface area contributed by atoms with Crippen molar-refractivity contribution in [2.45, 2.75) is 13.8 Å². The Morgan fingerprint density at radius 2 is 1.75 bits per heavy atom. The van der Waals surface area contributed by atoms with Gasteiger partial charge in [0.1, 0.15) is 16.7 Å². The second-order valence-corrected chi connectivity index (χ2v) is 4.05. The minimum atomic E-state index is 0.510. The van der Waals surface area contributed by atoms with Gasteiger partial charge in [-0.2, -0.15) is 0 Å². The monoisotopic (exact) mass is 233 g/mol. The Hall–Kier alpha value is -1.54. The first-order valence-corrected chi connectivity index (χ1v) is 5.39. The van der Waals surface area contributed by atoms with Gasteiger partial charge in [0.05, 0.1) is 6.20 Å². The second kappa shape index (κ2) is 4.54. The van der Waals surface area contributed by atoms with E-state index < -0.39 is 0 Å². The van der Waals surface area contributed by atoms with Crippen LogP contribution in [0.15, 0.2) is 36.5 Å². The third-order valence-electron chi connectivity index (χ3n) is 2.25. The van der Waals surface area contributed by atoms with Crippen LogP contribution >= 0.6 is 11.6 Å². The summed E-state index contributed by atoms with van der Waals surface area (Å²) >= 11 is 5.84. The van der Waals surface area contributed by atoms with Crippen molar-refractivity contribution in [3.63, 3.8) is 0 Å². The Morgan fingerprint density at radius 3 is 2.38 bits per heavy atom. The fourth-order valence-electron chi connectivity index (χ4n) is 1.33. The van der Waals surface area contributed by atoms with E-state index in [0.717, 1.165) is 11.3 Å². The van der Waals surface area contributed by atoms with Crippen LogP contribution in [0.3, 0.4) is 0 Å². The molecule has 1 aromatic heterocycles. The van der Waals surface area contributed by atoms with Gasteiger partial charge in [0.2, 0.25) is 0 Å². The third kappa shape index (κ3) is 2.52. The zero-order chi connectivity index (χ0) is 11.5. The SMILES string of the molecule is Cc1ccc(Oc2cnc(Cl)c(C)c2)cc1. The van der Waals surface area contributed by atoms with Crippen LogP contribution in [0.4, 0.5) is 0 Å². The van der Waals surface area contributed by atoms with E-state index in [1.807, 2.05) is 44.2 Å². The molecule has 0 aliphatic rings. The average molecular weight is 234 g/mol. The van der Waals surface area contributed by atoms with E-state index in [1.165, 1.54) is 5.56 Å². The van der Waals surface area contributed by atoms with Crippen molar-refractivity contribution in [3.8, 4) is 11.5 Å². The van der Waals surface area contributed by atoms with Crippen molar-refractivity contribution in [2.24, 2.45) is 0 Å². The van der Waals surface area contributed by atoms with Crippen LogP contribution in [-0.2, 0) is 0 Å². The highest BCUT2D eigenvalue weighted by Crippen LogP contribution is 2.23. The van der Waals surface area contributed by atoms with Crippen LogP contribution in [-0.4, -0.2) is 4.98 Å². The van der Waals surface area contributed by atoms with Crippen LogP contribution in [0.5, 0.6) is 11.5 Å². The van der Waals surface area contributed by atoms with Gasteiger partial charge in [0.25, 0.3) is 0 Å². The molecule has 1 heterocycles. The number of aryl methyl sites for hydroxylation is 2. The molecule has 0 aliphatic heterocycles. The molecule has 0 unspecified atom stereocenters. The molecule has 3 heteroatoms. The number of hydrogen-bond donors (Lipinski definition) is 0. The Kier molecular flexibility index (Phi) is 3.11. The van der Waals surface area contributed by atoms with Crippen LogP contribution in [0.25, 0.3) is 0 Å². The summed E-state index contributed by atoms with van der Waals surface area (Å²) in [4.78, 5) is 4.03. The van der Waals surface area contributed by atoms with E-state index in [9.17, 15) is 0 Å². The molecular weight excluding hydrogens is 222 g/mol. The second-order valence-electron chi connectivity index (χ2n) is 3.69. The zero-order valence-electron chi connectivity index (χ0n) is 9.20.